The first-order chi connectivity index (χ1) is 12.7. The Morgan fingerprint density at radius 2 is 2.04 bits per heavy atom. The van der Waals surface area contributed by atoms with Crippen LogP contribution in [0, 0.1) is 0 Å². The number of nitrogens with zero attached hydrogens (tertiary/aromatic N) is 1. The minimum absolute atomic E-state index is 0.542. The Hall–Kier alpha value is -1.78. The molecule has 26 heavy (non-hydrogen) atoms. The van der Waals surface area contributed by atoms with E-state index in [0.717, 1.165) is 38.9 Å². The van der Waals surface area contributed by atoms with E-state index in [1.807, 2.05) is 12.3 Å². The molecule has 2 heterocycles. The van der Waals surface area contributed by atoms with Crippen LogP contribution in [0.2, 0.25) is 0 Å². The largest absolute Gasteiger partial charge is 0.492 e. The smallest absolute Gasteiger partial charge is 0.138 e. The quantitative estimate of drug-likeness (QED) is 0.486. The van der Waals surface area contributed by atoms with Gasteiger partial charge in [0.1, 0.15) is 17.9 Å². The van der Waals surface area contributed by atoms with Crippen molar-refractivity contribution in [2.45, 2.75) is 32.2 Å². The minimum Gasteiger partial charge on any atom is -0.492 e. The number of hydrogen-bond donors (Lipinski definition) is 0. The molecule has 1 aromatic heterocycles. The fraction of sp³-hybridized carbons (Fsp3) is 0.364. The standard InChI is InChI=1S/C22H24BrNO2/c1-2-11-24-12-3-4-18(24)14-25-19-9-10-20-21(15-26-22(20)13-19)16-5-7-17(23)8-6-16/h5-10,13,15,18H,2-4,11-12,14H2,1H3. The van der Waals surface area contributed by atoms with Crippen molar-refractivity contribution in [3.63, 3.8) is 0 Å². The van der Waals surface area contributed by atoms with Gasteiger partial charge >= 0.3 is 0 Å². The van der Waals surface area contributed by atoms with E-state index in [1.165, 1.54) is 32.4 Å². The number of likely N-dealkylation sites (tertiary alicyclic amines) is 1. The Kier molecular flexibility index (Phi) is 5.32. The Morgan fingerprint density at radius 3 is 2.85 bits per heavy atom. The van der Waals surface area contributed by atoms with Crippen LogP contribution < -0.4 is 4.74 Å². The van der Waals surface area contributed by atoms with Gasteiger partial charge in [-0.2, -0.15) is 0 Å². The molecule has 1 aliphatic rings. The molecule has 3 nitrogen and oxygen atoms in total. The molecule has 1 unspecified atom stereocenters. The number of halogens is 1. The summed E-state index contributed by atoms with van der Waals surface area (Å²) in [5.74, 6) is 0.887. The molecule has 1 atom stereocenters. The van der Waals surface area contributed by atoms with Crippen LogP contribution in [-0.4, -0.2) is 30.6 Å². The number of fused-ring (bicyclic) bond motifs is 1. The normalized spacial score (nSPS) is 17.8. The molecule has 0 spiro atoms. The summed E-state index contributed by atoms with van der Waals surface area (Å²) in [6.45, 7) is 5.37. The van der Waals surface area contributed by atoms with E-state index in [9.17, 15) is 0 Å². The number of hydrogen-bond acceptors (Lipinski definition) is 3. The van der Waals surface area contributed by atoms with E-state index >= 15 is 0 Å². The second kappa shape index (κ2) is 7.85. The summed E-state index contributed by atoms with van der Waals surface area (Å²) in [5.41, 5.74) is 3.14. The molecule has 0 saturated carbocycles. The fourth-order valence-electron chi connectivity index (χ4n) is 3.81. The van der Waals surface area contributed by atoms with Gasteiger partial charge in [-0.25, -0.2) is 0 Å². The van der Waals surface area contributed by atoms with Gasteiger partial charge in [0, 0.05) is 27.5 Å². The molecule has 4 heteroatoms. The van der Waals surface area contributed by atoms with Crippen LogP contribution >= 0.6 is 15.9 Å². The summed E-state index contributed by atoms with van der Waals surface area (Å²) in [6.07, 6.45) is 5.55. The van der Waals surface area contributed by atoms with Crippen molar-refractivity contribution < 1.29 is 9.15 Å². The summed E-state index contributed by atoms with van der Waals surface area (Å²) in [5, 5.41) is 1.12. The Bertz CT molecular complexity index is 871. The second-order valence-corrected chi connectivity index (χ2v) is 7.87. The maximum atomic E-state index is 6.10. The molecule has 0 N–H and O–H groups in total. The molecule has 4 rings (SSSR count). The van der Waals surface area contributed by atoms with Gasteiger partial charge in [0.15, 0.2) is 0 Å². The lowest BCUT2D eigenvalue weighted by Crippen LogP contribution is -2.34. The van der Waals surface area contributed by atoms with Crippen molar-refractivity contribution in [1.82, 2.24) is 4.90 Å². The van der Waals surface area contributed by atoms with Crippen LogP contribution in [0.3, 0.4) is 0 Å². The first kappa shape index (κ1) is 17.6. The van der Waals surface area contributed by atoms with Crippen LogP contribution in [0.15, 0.2) is 57.6 Å². The lowest BCUT2D eigenvalue weighted by Gasteiger charge is -2.23. The van der Waals surface area contributed by atoms with Crippen molar-refractivity contribution in [2.75, 3.05) is 19.7 Å². The van der Waals surface area contributed by atoms with Crippen LogP contribution in [0.1, 0.15) is 26.2 Å². The summed E-state index contributed by atoms with van der Waals surface area (Å²) < 4.78 is 13.0. The lowest BCUT2D eigenvalue weighted by atomic mass is 10.1. The molecule has 1 fully saturated rings. The number of furan rings is 1. The van der Waals surface area contributed by atoms with Crippen molar-refractivity contribution in [2.24, 2.45) is 0 Å². The predicted molar refractivity (Wildman–Crippen MR) is 110 cm³/mol. The van der Waals surface area contributed by atoms with Crippen molar-refractivity contribution >= 4 is 26.9 Å². The van der Waals surface area contributed by atoms with E-state index in [-0.39, 0.29) is 0 Å². The number of benzene rings is 2. The van der Waals surface area contributed by atoms with Crippen molar-refractivity contribution in [3.8, 4) is 16.9 Å². The van der Waals surface area contributed by atoms with Gasteiger partial charge in [-0.1, -0.05) is 35.0 Å². The second-order valence-electron chi connectivity index (χ2n) is 6.96. The molecular weight excluding hydrogens is 390 g/mol. The highest BCUT2D eigenvalue weighted by Gasteiger charge is 2.24. The summed E-state index contributed by atoms with van der Waals surface area (Å²) in [4.78, 5) is 2.55. The highest BCUT2D eigenvalue weighted by atomic mass is 79.9. The molecule has 2 aromatic carbocycles. The maximum Gasteiger partial charge on any atom is 0.138 e. The Labute approximate surface area is 163 Å². The van der Waals surface area contributed by atoms with Gasteiger partial charge in [-0.15, -0.1) is 0 Å². The molecule has 0 bridgehead atoms. The van der Waals surface area contributed by atoms with Gasteiger partial charge < -0.3 is 9.15 Å². The third kappa shape index (κ3) is 3.67. The average molecular weight is 414 g/mol. The molecule has 3 aromatic rings. The lowest BCUT2D eigenvalue weighted by molar-refractivity contribution is 0.173. The summed E-state index contributed by atoms with van der Waals surface area (Å²) in [7, 11) is 0. The molecule has 0 amide bonds. The highest BCUT2D eigenvalue weighted by Crippen LogP contribution is 2.33. The van der Waals surface area contributed by atoms with E-state index in [4.69, 9.17) is 9.15 Å². The Balaban J connectivity index is 1.49. The minimum atomic E-state index is 0.542. The average Bonchev–Trinajstić information content (AvgIpc) is 3.27. The van der Waals surface area contributed by atoms with Crippen LogP contribution in [0.4, 0.5) is 0 Å². The third-order valence-corrected chi connectivity index (χ3v) is 5.68. The monoisotopic (exact) mass is 413 g/mol. The van der Waals surface area contributed by atoms with Gasteiger partial charge in [-0.05, 0) is 62.2 Å². The van der Waals surface area contributed by atoms with E-state index in [1.54, 1.807) is 0 Å². The van der Waals surface area contributed by atoms with Crippen LogP contribution in [0.5, 0.6) is 5.75 Å². The molecule has 136 valence electrons. The van der Waals surface area contributed by atoms with Gasteiger partial charge in [0.25, 0.3) is 0 Å². The molecule has 0 radical (unpaired) electrons. The highest BCUT2D eigenvalue weighted by molar-refractivity contribution is 9.10. The maximum absolute atomic E-state index is 6.10. The zero-order valence-corrected chi connectivity index (χ0v) is 16.7. The van der Waals surface area contributed by atoms with E-state index < -0.39 is 0 Å². The van der Waals surface area contributed by atoms with Crippen LogP contribution in [0.25, 0.3) is 22.1 Å². The van der Waals surface area contributed by atoms with Gasteiger partial charge in [0.05, 0.1) is 6.26 Å². The topological polar surface area (TPSA) is 25.6 Å². The van der Waals surface area contributed by atoms with Crippen molar-refractivity contribution in [1.29, 1.82) is 0 Å². The molecule has 0 aliphatic carbocycles. The zero-order valence-electron chi connectivity index (χ0n) is 15.1. The van der Waals surface area contributed by atoms with Gasteiger partial charge in [0.2, 0.25) is 0 Å². The van der Waals surface area contributed by atoms with E-state index in [0.29, 0.717) is 6.04 Å². The van der Waals surface area contributed by atoms with Gasteiger partial charge in [-0.3, -0.25) is 4.90 Å². The first-order valence-electron chi connectivity index (χ1n) is 9.38. The molecule has 1 saturated heterocycles. The number of rotatable bonds is 6. The zero-order chi connectivity index (χ0) is 17.9. The predicted octanol–water partition coefficient (Wildman–Crippen LogP) is 6.12. The SMILES string of the molecule is CCCN1CCCC1COc1ccc2c(-c3ccc(Br)cc3)coc2c1. The summed E-state index contributed by atoms with van der Waals surface area (Å²) >= 11 is 3.48. The fourth-order valence-corrected chi connectivity index (χ4v) is 4.07. The summed E-state index contributed by atoms with van der Waals surface area (Å²) in [6, 6.07) is 15.0. The van der Waals surface area contributed by atoms with E-state index in [2.05, 4.69) is 64.2 Å². The molecule has 1 aliphatic heterocycles. The Morgan fingerprint density at radius 1 is 1.19 bits per heavy atom. The third-order valence-electron chi connectivity index (χ3n) is 5.15. The number of ether oxygens (including phenoxy) is 1. The van der Waals surface area contributed by atoms with Crippen LogP contribution in [-0.2, 0) is 0 Å². The van der Waals surface area contributed by atoms with Crippen molar-refractivity contribution in [3.05, 3.63) is 53.2 Å². The molecular formula is C22H24BrNO2. The first-order valence-corrected chi connectivity index (χ1v) is 10.2.